The Bertz CT molecular complexity index is 435. The van der Waals surface area contributed by atoms with E-state index >= 15 is 0 Å². The lowest BCUT2D eigenvalue weighted by Gasteiger charge is -2.37. The molecule has 5 nitrogen and oxygen atoms in total. The second-order valence-electron chi connectivity index (χ2n) is 5.08. The van der Waals surface area contributed by atoms with Gasteiger partial charge in [0, 0.05) is 31.6 Å². The number of piperidine rings is 1. The summed E-state index contributed by atoms with van der Waals surface area (Å²) in [5.41, 5.74) is 6.31. The molecule has 0 radical (unpaired) electrons. The highest BCUT2D eigenvalue weighted by Crippen LogP contribution is 2.24. The summed E-state index contributed by atoms with van der Waals surface area (Å²) in [6, 6.07) is 0.142. The van der Waals surface area contributed by atoms with Gasteiger partial charge in [-0.05, 0) is 18.8 Å². The third-order valence-corrected chi connectivity index (χ3v) is 4.37. The van der Waals surface area contributed by atoms with Gasteiger partial charge in [0.25, 0.3) is 5.91 Å². The van der Waals surface area contributed by atoms with Crippen LogP contribution >= 0.6 is 11.3 Å². The Labute approximate surface area is 117 Å². The SMILES string of the molecule is COCc1nc(C(=O)N2CCC(C)CC2CN)cs1. The van der Waals surface area contributed by atoms with Crippen molar-refractivity contribution < 1.29 is 9.53 Å². The van der Waals surface area contributed by atoms with E-state index < -0.39 is 0 Å². The lowest BCUT2D eigenvalue weighted by molar-refractivity contribution is 0.0568. The molecule has 1 amide bonds. The molecule has 1 saturated heterocycles. The molecule has 0 aromatic carbocycles. The smallest absolute Gasteiger partial charge is 0.273 e. The third-order valence-electron chi connectivity index (χ3n) is 3.55. The van der Waals surface area contributed by atoms with Crippen molar-refractivity contribution in [2.45, 2.75) is 32.4 Å². The first-order valence-corrected chi connectivity index (χ1v) is 7.48. The number of ether oxygens (including phenoxy) is 1. The highest BCUT2D eigenvalue weighted by Gasteiger charge is 2.30. The number of amides is 1. The highest BCUT2D eigenvalue weighted by molar-refractivity contribution is 7.09. The van der Waals surface area contributed by atoms with E-state index in [1.54, 1.807) is 7.11 Å². The molecule has 1 aromatic heterocycles. The van der Waals surface area contributed by atoms with Crippen LogP contribution in [0.15, 0.2) is 5.38 Å². The van der Waals surface area contributed by atoms with Crippen LogP contribution in [0, 0.1) is 5.92 Å². The number of hydrogen-bond acceptors (Lipinski definition) is 5. The molecule has 2 unspecified atom stereocenters. The predicted molar refractivity (Wildman–Crippen MR) is 75.1 cm³/mol. The Morgan fingerprint density at radius 3 is 3.16 bits per heavy atom. The minimum atomic E-state index is 0.000882. The van der Waals surface area contributed by atoms with Gasteiger partial charge in [0.2, 0.25) is 0 Å². The fraction of sp³-hybridized carbons (Fsp3) is 0.692. The number of carbonyl (C=O) groups excluding carboxylic acids is 1. The first-order valence-electron chi connectivity index (χ1n) is 6.60. The maximum Gasteiger partial charge on any atom is 0.273 e. The van der Waals surface area contributed by atoms with Crippen molar-refractivity contribution in [1.82, 2.24) is 9.88 Å². The van der Waals surface area contributed by atoms with Gasteiger partial charge in [-0.1, -0.05) is 6.92 Å². The molecular weight excluding hydrogens is 262 g/mol. The van der Waals surface area contributed by atoms with Crippen LogP contribution in [0.3, 0.4) is 0 Å². The molecule has 0 spiro atoms. The van der Waals surface area contributed by atoms with Crippen molar-refractivity contribution in [2.75, 3.05) is 20.2 Å². The van der Waals surface area contributed by atoms with Crippen LogP contribution in [0.2, 0.25) is 0 Å². The molecule has 0 saturated carbocycles. The van der Waals surface area contributed by atoms with Crippen LogP contribution in [-0.2, 0) is 11.3 Å². The van der Waals surface area contributed by atoms with Crippen molar-refractivity contribution >= 4 is 17.2 Å². The van der Waals surface area contributed by atoms with E-state index in [2.05, 4.69) is 11.9 Å². The van der Waals surface area contributed by atoms with Gasteiger partial charge in [-0.3, -0.25) is 4.79 Å². The molecule has 0 aliphatic carbocycles. The first-order chi connectivity index (χ1) is 9.15. The average Bonchev–Trinajstić information content (AvgIpc) is 2.87. The molecule has 2 N–H and O–H groups in total. The molecule has 6 heteroatoms. The number of nitrogens with two attached hydrogens (primary N) is 1. The summed E-state index contributed by atoms with van der Waals surface area (Å²) >= 11 is 1.46. The van der Waals surface area contributed by atoms with Gasteiger partial charge in [-0.25, -0.2) is 4.98 Å². The predicted octanol–water partition coefficient (Wildman–Crippen LogP) is 1.49. The molecule has 1 aliphatic rings. The van der Waals surface area contributed by atoms with Gasteiger partial charge in [-0.2, -0.15) is 0 Å². The van der Waals surface area contributed by atoms with Gasteiger partial charge in [-0.15, -0.1) is 11.3 Å². The van der Waals surface area contributed by atoms with Gasteiger partial charge >= 0.3 is 0 Å². The minimum Gasteiger partial charge on any atom is -0.378 e. The fourth-order valence-electron chi connectivity index (χ4n) is 2.49. The highest BCUT2D eigenvalue weighted by atomic mass is 32.1. The molecule has 19 heavy (non-hydrogen) atoms. The van der Waals surface area contributed by atoms with Gasteiger partial charge in [0.15, 0.2) is 0 Å². The number of hydrogen-bond donors (Lipinski definition) is 1. The van der Waals surface area contributed by atoms with Crippen LogP contribution in [0.1, 0.15) is 35.3 Å². The Kier molecular flexibility index (Phi) is 4.90. The fourth-order valence-corrected chi connectivity index (χ4v) is 3.23. The molecular formula is C13H21N3O2S. The summed E-state index contributed by atoms with van der Waals surface area (Å²) in [6.45, 7) is 3.96. The molecule has 106 valence electrons. The number of rotatable bonds is 4. The number of aromatic nitrogens is 1. The van der Waals surface area contributed by atoms with E-state index in [0.29, 0.717) is 24.8 Å². The Morgan fingerprint density at radius 2 is 2.47 bits per heavy atom. The van der Waals surface area contributed by atoms with E-state index in [9.17, 15) is 4.79 Å². The van der Waals surface area contributed by atoms with E-state index in [1.165, 1.54) is 11.3 Å². The van der Waals surface area contributed by atoms with E-state index in [0.717, 1.165) is 24.4 Å². The largest absolute Gasteiger partial charge is 0.378 e. The number of methoxy groups -OCH3 is 1. The van der Waals surface area contributed by atoms with Crippen molar-refractivity contribution in [2.24, 2.45) is 11.7 Å². The zero-order chi connectivity index (χ0) is 13.8. The monoisotopic (exact) mass is 283 g/mol. The Morgan fingerprint density at radius 1 is 1.68 bits per heavy atom. The summed E-state index contributed by atoms with van der Waals surface area (Å²) < 4.78 is 5.03. The van der Waals surface area contributed by atoms with E-state index in [1.807, 2.05) is 10.3 Å². The summed E-state index contributed by atoms with van der Waals surface area (Å²) in [5, 5.41) is 2.64. The second-order valence-corrected chi connectivity index (χ2v) is 6.02. The molecule has 2 rings (SSSR count). The van der Waals surface area contributed by atoms with E-state index in [-0.39, 0.29) is 11.9 Å². The van der Waals surface area contributed by atoms with Crippen LogP contribution < -0.4 is 5.73 Å². The maximum atomic E-state index is 12.5. The number of thiazole rings is 1. The van der Waals surface area contributed by atoms with Crippen LogP contribution in [0.5, 0.6) is 0 Å². The normalized spacial score (nSPS) is 23.6. The van der Waals surface area contributed by atoms with Crippen LogP contribution in [0.25, 0.3) is 0 Å². The van der Waals surface area contributed by atoms with Crippen molar-refractivity contribution in [3.63, 3.8) is 0 Å². The molecule has 1 aromatic rings. The Balaban J connectivity index is 2.08. The van der Waals surface area contributed by atoms with E-state index in [4.69, 9.17) is 10.5 Å². The molecule has 2 heterocycles. The zero-order valence-electron chi connectivity index (χ0n) is 11.5. The van der Waals surface area contributed by atoms with Crippen molar-refractivity contribution in [3.05, 3.63) is 16.1 Å². The second kappa shape index (κ2) is 6.45. The Hall–Kier alpha value is -0.980. The topological polar surface area (TPSA) is 68.5 Å². The van der Waals surface area contributed by atoms with Crippen LogP contribution in [0.4, 0.5) is 0 Å². The molecule has 2 atom stereocenters. The van der Waals surface area contributed by atoms with Crippen molar-refractivity contribution in [3.8, 4) is 0 Å². The summed E-state index contributed by atoms with van der Waals surface area (Å²) in [4.78, 5) is 18.7. The molecule has 1 fully saturated rings. The van der Waals surface area contributed by atoms with Crippen molar-refractivity contribution in [1.29, 1.82) is 0 Å². The lowest BCUT2D eigenvalue weighted by Crippen LogP contribution is -2.49. The van der Waals surface area contributed by atoms with Gasteiger partial charge in [0.05, 0.1) is 6.61 Å². The quantitative estimate of drug-likeness (QED) is 0.909. The van der Waals surface area contributed by atoms with Gasteiger partial charge in [0.1, 0.15) is 10.7 Å². The molecule has 0 bridgehead atoms. The standard InChI is InChI=1S/C13H21N3O2S/c1-9-3-4-16(10(5-9)6-14)13(17)11-8-19-12(15-11)7-18-2/h8-10H,3-7,14H2,1-2H3. The number of likely N-dealkylation sites (tertiary alicyclic amines) is 1. The first kappa shape index (κ1) is 14.4. The number of carbonyl (C=O) groups is 1. The maximum absolute atomic E-state index is 12.5. The summed E-state index contributed by atoms with van der Waals surface area (Å²) in [5.74, 6) is 0.637. The number of nitrogens with zero attached hydrogens (tertiary/aromatic N) is 2. The summed E-state index contributed by atoms with van der Waals surface area (Å²) in [7, 11) is 1.62. The third kappa shape index (κ3) is 3.32. The average molecular weight is 283 g/mol. The summed E-state index contributed by atoms with van der Waals surface area (Å²) in [6.07, 6.45) is 2.02. The van der Waals surface area contributed by atoms with Gasteiger partial charge < -0.3 is 15.4 Å². The minimum absolute atomic E-state index is 0.000882. The zero-order valence-corrected chi connectivity index (χ0v) is 12.3. The molecule has 1 aliphatic heterocycles. The van der Waals surface area contributed by atoms with Crippen LogP contribution in [-0.4, -0.2) is 42.0 Å². The lowest BCUT2D eigenvalue weighted by atomic mass is 9.92.